The minimum absolute atomic E-state index is 0.244. The lowest BCUT2D eigenvalue weighted by molar-refractivity contribution is -0.135. The van der Waals surface area contributed by atoms with Gasteiger partial charge in [0.15, 0.2) is 0 Å². The van der Waals surface area contributed by atoms with Crippen molar-refractivity contribution in [2.24, 2.45) is 0 Å². The molecule has 0 unspecified atom stereocenters. The van der Waals surface area contributed by atoms with Crippen LogP contribution in [-0.2, 0) is 0 Å². The number of halogens is 5. The first kappa shape index (κ1) is 15.2. The first-order valence-electron chi connectivity index (χ1n) is 5.30. The first-order chi connectivity index (χ1) is 8.70. The molecular formula is C11H11F5N2O. The van der Waals surface area contributed by atoms with Crippen LogP contribution in [0.2, 0.25) is 0 Å². The van der Waals surface area contributed by atoms with E-state index >= 15 is 0 Å². The smallest absolute Gasteiger partial charge is 0.389 e. The van der Waals surface area contributed by atoms with Gasteiger partial charge in [-0.1, -0.05) is 0 Å². The zero-order chi connectivity index (χ0) is 14.6. The van der Waals surface area contributed by atoms with Crippen LogP contribution in [0.4, 0.5) is 27.6 Å². The van der Waals surface area contributed by atoms with E-state index < -0.39 is 35.8 Å². The fourth-order valence-electron chi connectivity index (χ4n) is 1.31. The van der Waals surface area contributed by atoms with E-state index in [1.54, 1.807) is 0 Å². The summed E-state index contributed by atoms with van der Waals surface area (Å²) >= 11 is 0. The lowest BCUT2D eigenvalue weighted by Gasteiger charge is -2.08. The van der Waals surface area contributed by atoms with Gasteiger partial charge >= 0.3 is 6.18 Å². The van der Waals surface area contributed by atoms with Crippen LogP contribution in [0.25, 0.3) is 0 Å². The van der Waals surface area contributed by atoms with Crippen LogP contribution in [0.15, 0.2) is 12.1 Å². The SMILES string of the molecule is Nc1c(F)cc(C(=O)NCCCC(F)(F)F)cc1F. The maximum atomic E-state index is 13.1. The number of rotatable bonds is 4. The molecule has 0 aromatic heterocycles. The second kappa shape index (κ2) is 5.85. The molecule has 0 aliphatic heterocycles. The van der Waals surface area contributed by atoms with Gasteiger partial charge < -0.3 is 11.1 Å². The van der Waals surface area contributed by atoms with Crippen LogP contribution in [0, 0.1) is 11.6 Å². The quantitative estimate of drug-likeness (QED) is 0.506. The lowest BCUT2D eigenvalue weighted by Crippen LogP contribution is -2.26. The molecule has 0 saturated carbocycles. The van der Waals surface area contributed by atoms with Gasteiger partial charge in [0.25, 0.3) is 5.91 Å². The molecule has 0 saturated heterocycles. The number of anilines is 1. The highest BCUT2D eigenvalue weighted by Gasteiger charge is 2.26. The highest BCUT2D eigenvalue weighted by Crippen LogP contribution is 2.21. The van der Waals surface area contributed by atoms with Crippen molar-refractivity contribution in [1.82, 2.24) is 5.32 Å². The average molecular weight is 282 g/mol. The van der Waals surface area contributed by atoms with Gasteiger partial charge in [-0.3, -0.25) is 4.79 Å². The molecule has 0 heterocycles. The Morgan fingerprint density at radius 2 is 1.74 bits per heavy atom. The largest absolute Gasteiger partial charge is 0.394 e. The fourth-order valence-corrected chi connectivity index (χ4v) is 1.31. The second-order valence-electron chi connectivity index (χ2n) is 3.83. The van der Waals surface area contributed by atoms with Crippen LogP contribution in [0.5, 0.6) is 0 Å². The molecule has 0 atom stereocenters. The number of amides is 1. The number of hydrogen-bond donors (Lipinski definition) is 2. The Labute approximate surface area is 105 Å². The van der Waals surface area contributed by atoms with Crippen molar-refractivity contribution in [2.45, 2.75) is 19.0 Å². The summed E-state index contributed by atoms with van der Waals surface area (Å²) in [6, 6.07) is 1.44. The Kier molecular flexibility index (Phi) is 4.68. The normalized spacial score (nSPS) is 11.4. The Hall–Kier alpha value is -1.86. The molecule has 0 fully saturated rings. The van der Waals surface area contributed by atoms with E-state index in [4.69, 9.17) is 5.73 Å². The molecule has 0 spiro atoms. The minimum atomic E-state index is -4.30. The number of nitrogen functional groups attached to an aromatic ring is 1. The van der Waals surface area contributed by atoms with Gasteiger partial charge in [-0.25, -0.2) is 8.78 Å². The summed E-state index contributed by atoms with van der Waals surface area (Å²) in [6.45, 7) is -0.244. The number of nitrogens with two attached hydrogens (primary N) is 1. The molecule has 106 valence electrons. The molecule has 0 aliphatic rings. The predicted octanol–water partition coefficient (Wildman–Crippen LogP) is 2.62. The van der Waals surface area contributed by atoms with Crippen molar-refractivity contribution >= 4 is 11.6 Å². The fraction of sp³-hybridized carbons (Fsp3) is 0.364. The van der Waals surface area contributed by atoms with Crippen LogP contribution in [-0.4, -0.2) is 18.6 Å². The van der Waals surface area contributed by atoms with E-state index in [0.29, 0.717) is 0 Å². The van der Waals surface area contributed by atoms with Crippen LogP contribution < -0.4 is 11.1 Å². The Balaban J connectivity index is 2.55. The highest BCUT2D eigenvalue weighted by atomic mass is 19.4. The molecule has 3 nitrogen and oxygen atoms in total. The standard InChI is InChI=1S/C11H11F5N2O/c12-7-4-6(5-8(13)9(7)17)10(19)18-3-1-2-11(14,15)16/h4-5H,1-3,17H2,(H,18,19). The van der Waals surface area contributed by atoms with E-state index in [1.807, 2.05) is 0 Å². The van der Waals surface area contributed by atoms with Gasteiger partial charge in [-0.05, 0) is 18.6 Å². The summed E-state index contributed by atoms with van der Waals surface area (Å²) in [6.07, 6.45) is -5.66. The molecule has 1 amide bonds. The van der Waals surface area contributed by atoms with Crippen molar-refractivity contribution in [3.8, 4) is 0 Å². The molecule has 0 radical (unpaired) electrons. The van der Waals surface area contributed by atoms with Gasteiger partial charge in [-0.15, -0.1) is 0 Å². The number of nitrogens with one attached hydrogen (secondary N) is 1. The molecule has 19 heavy (non-hydrogen) atoms. The van der Waals surface area contributed by atoms with Crippen molar-refractivity contribution in [2.75, 3.05) is 12.3 Å². The molecule has 8 heteroatoms. The van der Waals surface area contributed by atoms with E-state index in [-0.39, 0.29) is 18.5 Å². The molecule has 0 bridgehead atoms. The summed E-state index contributed by atoms with van der Waals surface area (Å²) < 4.78 is 61.6. The molecule has 1 aromatic rings. The zero-order valence-electron chi connectivity index (χ0n) is 9.65. The number of hydrogen-bond acceptors (Lipinski definition) is 2. The molecule has 1 rings (SSSR count). The minimum Gasteiger partial charge on any atom is -0.394 e. The van der Waals surface area contributed by atoms with Crippen LogP contribution in [0.1, 0.15) is 23.2 Å². The number of benzene rings is 1. The predicted molar refractivity (Wildman–Crippen MR) is 58.4 cm³/mol. The monoisotopic (exact) mass is 282 g/mol. The maximum absolute atomic E-state index is 13.1. The van der Waals surface area contributed by atoms with Crippen LogP contribution >= 0.6 is 0 Å². The third kappa shape index (κ3) is 4.72. The van der Waals surface area contributed by atoms with E-state index in [9.17, 15) is 26.7 Å². The maximum Gasteiger partial charge on any atom is 0.389 e. The molecule has 0 aliphatic carbocycles. The first-order valence-corrected chi connectivity index (χ1v) is 5.30. The second-order valence-corrected chi connectivity index (χ2v) is 3.83. The van der Waals surface area contributed by atoms with Gasteiger partial charge in [0, 0.05) is 18.5 Å². The van der Waals surface area contributed by atoms with Crippen LogP contribution in [0.3, 0.4) is 0 Å². The van der Waals surface area contributed by atoms with Crippen molar-refractivity contribution < 1.29 is 26.7 Å². The van der Waals surface area contributed by atoms with E-state index in [0.717, 1.165) is 12.1 Å². The van der Waals surface area contributed by atoms with Gasteiger partial charge in [-0.2, -0.15) is 13.2 Å². The number of carbonyl (C=O) groups is 1. The topological polar surface area (TPSA) is 55.1 Å². The lowest BCUT2D eigenvalue weighted by atomic mass is 10.1. The Morgan fingerprint density at radius 3 is 2.21 bits per heavy atom. The summed E-state index contributed by atoms with van der Waals surface area (Å²) in [5.74, 6) is -3.05. The third-order valence-electron chi connectivity index (χ3n) is 2.26. The Morgan fingerprint density at radius 1 is 1.21 bits per heavy atom. The number of alkyl halides is 3. The van der Waals surface area contributed by atoms with E-state index in [2.05, 4.69) is 5.32 Å². The molecule has 3 N–H and O–H groups in total. The molecular weight excluding hydrogens is 271 g/mol. The van der Waals surface area contributed by atoms with E-state index in [1.165, 1.54) is 0 Å². The summed E-state index contributed by atoms with van der Waals surface area (Å²) in [5, 5.41) is 2.13. The van der Waals surface area contributed by atoms with Crippen molar-refractivity contribution in [3.05, 3.63) is 29.3 Å². The summed E-state index contributed by atoms with van der Waals surface area (Å²) in [7, 11) is 0. The summed E-state index contributed by atoms with van der Waals surface area (Å²) in [5.41, 5.74) is 3.96. The van der Waals surface area contributed by atoms with Crippen molar-refractivity contribution in [1.29, 1.82) is 0 Å². The summed E-state index contributed by atoms with van der Waals surface area (Å²) in [4.78, 5) is 11.4. The number of carbonyl (C=O) groups excluding carboxylic acids is 1. The van der Waals surface area contributed by atoms with Crippen molar-refractivity contribution in [3.63, 3.8) is 0 Å². The van der Waals surface area contributed by atoms with Gasteiger partial charge in [0.1, 0.15) is 17.3 Å². The third-order valence-corrected chi connectivity index (χ3v) is 2.26. The Bertz CT molecular complexity index is 450. The zero-order valence-corrected chi connectivity index (χ0v) is 9.65. The highest BCUT2D eigenvalue weighted by molar-refractivity contribution is 5.94. The van der Waals surface area contributed by atoms with Gasteiger partial charge in [0.2, 0.25) is 0 Å². The molecule has 1 aromatic carbocycles. The average Bonchev–Trinajstić information content (AvgIpc) is 2.29. The van der Waals surface area contributed by atoms with Gasteiger partial charge in [0.05, 0.1) is 0 Å².